The van der Waals surface area contributed by atoms with E-state index in [2.05, 4.69) is 15.3 Å². The molecule has 0 aromatic carbocycles. The molecule has 0 radical (unpaired) electrons. The van der Waals surface area contributed by atoms with Crippen molar-refractivity contribution in [2.24, 2.45) is 11.7 Å². The van der Waals surface area contributed by atoms with Gasteiger partial charge < -0.3 is 16.0 Å². The molecule has 4 N–H and O–H groups in total. The third kappa shape index (κ3) is 4.84. The van der Waals surface area contributed by atoms with Crippen LogP contribution < -0.4 is 11.1 Å². The molecule has 0 unspecified atom stereocenters. The van der Waals surface area contributed by atoms with Gasteiger partial charge in [0.1, 0.15) is 5.82 Å². The molecule has 0 saturated heterocycles. The summed E-state index contributed by atoms with van der Waals surface area (Å²) in [6.45, 7) is 0.466. The van der Waals surface area contributed by atoms with Crippen molar-refractivity contribution < 1.29 is 4.79 Å². The van der Waals surface area contributed by atoms with Crippen molar-refractivity contribution >= 4 is 30.7 Å². The van der Waals surface area contributed by atoms with E-state index in [4.69, 9.17) is 5.73 Å². The Hall–Kier alpha value is -0.780. The molecule has 1 fully saturated rings. The summed E-state index contributed by atoms with van der Waals surface area (Å²) in [5, 5.41) is 2.84. The predicted molar refractivity (Wildman–Crippen MR) is 74.9 cm³/mol. The van der Waals surface area contributed by atoms with Crippen LogP contribution in [0.1, 0.15) is 31.5 Å². The fourth-order valence-electron chi connectivity index (χ4n) is 2.21. The summed E-state index contributed by atoms with van der Waals surface area (Å²) in [6, 6.07) is 0.203. The number of carbonyl (C=O) groups is 1. The van der Waals surface area contributed by atoms with Gasteiger partial charge in [-0.1, -0.05) is 6.42 Å². The lowest BCUT2D eigenvalue weighted by molar-refractivity contribution is -0.122. The summed E-state index contributed by atoms with van der Waals surface area (Å²) in [4.78, 5) is 18.6. The molecule has 7 heteroatoms. The second-order valence-corrected chi connectivity index (χ2v) is 4.37. The van der Waals surface area contributed by atoms with Crippen molar-refractivity contribution in [2.75, 3.05) is 0 Å². The van der Waals surface area contributed by atoms with E-state index in [1.54, 1.807) is 12.4 Å². The highest BCUT2D eigenvalue weighted by Crippen LogP contribution is 2.26. The molecule has 2 rings (SSSR count). The molecule has 0 spiro atoms. The van der Waals surface area contributed by atoms with Gasteiger partial charge >= 0.3 is 0 Å². The minimum Gasteiger partial charge on any atom is -0.349 e. The molecule has 0 bridgehead atoms. The first-order valence-electron chi connectivity index (χ1n) is 5.76. The van der Waals surface area contributed by atoms with Crippen LogP contribution >= 0.6 is 24.8 Å². The summed E-state index contributed by atoms with van der Waals surface area (Å²) in [7, 11) is 0. The SMILES string of the molecule is Cl.Cl.N[C@@H]1CCC[C@H]1CC(=O)NCc1ncc[nH]1. The summed E-state index contributed by atoms with van der Waals surface area (Å²) in [5.74, 6) is 1.21. The maximum atomic E-state index is 11.6. The fourth-order valence-corrected chi connectivity index (χ4v) is 2.21. The van der Waals surface area contributed by atoms with Crippen molar-refractivity contribution in [2.45, 2.75) is 38.3 Å². The number of nitrogens with zero attached hydrogens (tertiary/aromatic N) is 1. The Balaban J connectivity index is 0.00000144. The van der Waals surface area contributed by atoms with Crippen molar-refractivity contribution in [3.63, 3.8) is 0 Å². The Morgan fingerprint density at radius 2 is 2.28 bits per heavy atom. The Morgan fingerprint density at radius 3 is 2.83 bits per heavy atom. The molecule has 1 aliphatic carbocycles. The first-order chi connectivity index (χ1) is 7.75. The molecule has 0 aliphatic heterocycles. The number of hydrogen-bond acceptors (Lipinski definition) is 3. The summed E-state index contributed by atoms with van der Waals surface area (Å²) in [5.41, 5.74) is 5.92. The number of carbonyl (C=O) groups excluding carboxylic acids is 1. The van der Waals surface area contributed by atoms with E-state index in [1.165, 1.54) is 0 Å². The van der Waals surface area contributed by atoms with E-state index >= 15 is 0 Å². The Bertz CT molecular complexity index is 345. The average Bonchev–Trinajstić information content (AvgIpc) is 2.88. The lowest BCUT2D eigenvalue weighted by atomic mass is 10.00. The van der Waals surface area contributed by atoms with Crippen LogP contribution in [0.3, 0.4) is 0 Å². The third-order valence-corrected chi connectivity index (χ3v) is 3.17. The van der Waals surface area contributed by atoms with Crippen molar-refractivity contribution in [3.05, 3.63) is 18.2 Å². The summed E-state index contributed by atoms with van der Waals surface area (Å²) < 4.78 is 0. The number of nitrogens with one attached hydrogen (secondary N) is 2. The molecule has 1 amide bonds. The van der Waals surface area contributed by atoms with Gasteiger partial charge in [0, 0.05) is 24.9 Å². The highest BCUT2D eigenvalue weighted by Gasteiger charge is 2.25. The van der Waals surface area contributed by atoms with E-state index in [0.717, 1.165) is 25.1 Å². The number of aromatic amines is 1. The maximum absolute atomic E-state index is 11.6. The zero-order valence-electron chi connectivity index (χ0n) is 10.1. The Morgan fingerprint density at radius 1 is 1.50 bits per heavy atom. The number of aromatic nitrogens is 2. The first kappa shape index (κ1) is 17.2. The van der Waals surface area contributed by atoms with Gasteiger partial charge in [0.25, 0.3) is 0 Å². The summed E-state index contributed by atoms with van der Waals surface area (Å²) >= 11 is 0. The zero-order chi connectivity index (χ0) is 11.4. The van der Waals surface area contributed by atoms with Crippen LogP contribution in [0.25, 0.3) is 0 Å². The van der Waals surface area contributed by atoms with Gasteiger partial charge in [-0.2, -0.15) is 0 Å². The number of hydrogen-bond donors (Lipinski definition) is 3. The summed E-state index contributed by atoms with van der Waals surface area (Å²) in [6.07, 6.45) is 7.24. The van der Waals surface area contributed by atoms with Crippen LogP contribution in [0, 0.1) is 5.92 Å². The van der Waals surface area contributed by atoms with E-state index in [-0.39, 0.29) is 36.8 Å². The smallest absolute Gasteiger partial charge is 0.220 e. The molecular formula is C11H20Cl2N4O. The largest absolute Gasteiger partial charge is 0.349 e. The second-order valence-electron chi connectivity index (χ2n) is 4.37. The van der Waals surface area contributed by atoms with Gasteiger partial charge in [0.15, 0.2) is 0 Å². The van der Waals surface area contributed by atoms with Crippen LogP contribution in [0.4, 0.5) is 0 Å². The number of halogens is 2. The number of imidazole rings is 1. The highest BCUT2D eigenvalue weighted by molar-refractivity contribution is 5.85. The predicted octanol–water partition coefficient (Wildman–Crippen LogP) is 1.39. The number of amides is 1. The molecule has 1 aliphatic rings. The Kier molecular flexibility index (Phi) is 7.98. The number of rotatable bonds is 4. The van der Waals surface area contributed by atoms with E-state index in [9.17, 15) is 4.79 Å². The van der Waals surface area contributed by atoms with E-state index in [0.29, 0.717) is 18.9 Å². The fraction of sp³-hybridized carbons (Fsp3) is 0.636. The van der Waals surface area contributed by atoms with Crippen LogP contribution in [0.2, 0.25) is 0 Å². The maximum Gasteiger partial charge on any atom is 0.220 e. The van der Waals surface area contributed by atoms with Gasteiger partial charge in [-0.25, -0.2) is 4.98 Å². The first-order valence-corrected chi connectivity index (χ1v) is 5.76. The van der Waals surface area contributed by atoms with Crippen LogP contribution in [-0.2, 0) is 11.3 Å². The minimum atomic E-state index is 0. The quantitative estimate of drug-likeness (QED) is 0.785. The molecule has 104 valence electrons. The number of H-pyrrole nitrogens is 1. The van der Waals surface area contributed by atoms with Crippen molar-refractivity contribution in [1.82, 2.24) is 15.3 Å². The van der Waals surface area contributed by atoms with Crippen LogP contribution in [0.15, 0.2) is 12.4 Å². The van der Waals surface area contributed by atoms with Crippen molar-refractivity contribution in [1.29, 1.82) is 0 Å². The molecule has 5 nitrogen and oxygen atoms in total. The van der Waals surface area contributed by atoms with Gasteiger partial charge in [-0.15, -0.1) is 24.8 Å². The standard InChI is InChI=1S/C11H18N4O.2ClH/c12-9-3-1-2-8(9)6-11(16)15-7-10-13-4-5-14-10;;/h4-5,8-9H,1-3,6-7,12H2,(H,13,14)(H,15,16);2*1H/t8-,9+;;/m0../s1. The minimum absolute atomic E-state index is 0. The monoisotopic (exact) mass is 294 g/mol. The van der Waals surface area contributed by atoms with Gasteiger partial charge in [0.2, 0.25) is 5.91 Å². The van der Waals surface area contributed by atoms with Gasteiger partial charge in [-0.05, 0) is 18.8 Å². The lowest BCUT2D eigenvalue weighted by Crippen LogP contribution is -2.31. The van der Waals surface area contributed by atoms with Gasteiger partial charge in [0.05, 0.1) is 6.54 Å². The Labute approximate surface area is 119 Å². The lowest BCUT2D eigenvalue weighted by Gasteiger charge is -2.14. The zero-order valence-corrected chi connectivity index (χ0v) is 11.7. The van der Waals surface area contributed by atoms with Crippen LogP contribution in [-0.4, -0.2) is 21.9 Å². The molecule has 18 heavy (non-hydrogen) atoms. The topological polar surface area (TPSA) is 83.8 Å². The second kappa shape index (κ2) is 8.34. The molecular weight excluding hydrogens is 275 g/mol. The molecule has 1 heterocycles. The highest BCUT2D eigenvalue weighted by atomic mass is 35.5. The molecule has 1 aromatic heterocycles. The molecule has 1 saturated carbocycles. The molecule has 1 aromatic rings. The van der Waals surface area contributed by atoms with Crippen molar-refractivity contribution in [3.8, 4) is 0 Å². The molecule has 2 atom stereocenters. The number of nitrogens with two attached hydrogens (primary N) is 1. The van der Waals surface area contributed by atoms with Crippen LogP contribution in [0.5, 0.6) is 0 Å². The normalized spacial score (nSPS) is 21.8. The third-order valence-electron chi connectivity index (χ3n) is 3.17. The average molecular weight is 295 g/mol. The van der Waals surface area contributed by atoms with E-state index < -0.39 is 0 Å². The van der Waals surface area contributed by atoms with Gasteiger partial charge in [-0.3, -0.25) is 4.79 Å². The van der Waals surface area contributed by atoms with E-state index in [1.807, 2.05) is 0 Å².